The highest BCUT2D eigenvalue weighted by molar-refractivity contribution is 5.67. The van der Waals surface area contributed by atoms with E-state index in [9.17, 15) is 9.59 Å². The smallest absolute Gasteiger partial charge is 0.407 e. The number of anilines is 1. The molecule has 1 aromatic heterocycles. The first kappa shape index (κ1) is 24.4. The van der Waals surface area contributed by atoms with Crippen LogP contribution in [0.3, 0.4) is 0 Å². The van der Waals surface area contributed by atoms with E-state index in [-0.39, 0.29) is 11.3 Å². The van der Waals surface area contributed by atoms with Crippen LogP contribution >= 0.6 is 0 Å². The minimum atomic E-state index is -0.563. The number of rotatable bonds is 5. The van der Waals surface area contributed by atoms with Crippen LogP contribution in [0, 0.1) is 0 Å². The lowest BCUT2D eigenvalue weighted by atomic mass is 10.2. The molecule has 0 saturated heterocycles. The van der Waals surface area contributed by atoms with Gasteiger partial charge in [0.1, 0.15) is 22.7 Å². The maximum absolute atomic E-state index is 13.4. The molecule has 180 valence electrons. The second kappa shape index (κ2) is 11.1. The average Bonchev–Trinajstić information content (AvgIpc) is 2.76. The Balaban J connectivity index is 1.87. The fraction of sp³-hybridized carbons (Fsp3) is 0.542. The van der Waals surface area contributed by atoms with Crippen LogP contribution in [-0.2, 0) is 4.74 Å². The van der Waals surface area contributed by atoms with Crippen molar-refractivity contribution in [2.75, 3.05) is 37.7 Å². The van der Waals surface area contributed by atoms with Crippen molar-refractivity contribution in [1.29, 1.82) is 0 Å². The van der Waals surface area contributed by atoms with Crippen molar-refractivity contribution in [2.45, 2.75) is 52.6 Å². The Labute approximate surface area is 194 Å². The molecule has 1 N–H and O–H groups in total. The molecule has 1 aromatic carbocycles. The van der Waals surface area contributed by atoms with Crippen LogP contribution < -0.4 is 25.2 Å². The molecule has 3 rings (SSSR count). The highest BCUT2D eigenvalue weighted by Crippen LogP contribution is 2.27. The summed E-state index contributed by atoms with van der Waals surface area (Å²) in [5.74, 6) is 0.861. The number of benzene rings is 1. The van der Waals surface area contributed by atoms with Crippen molar-refractivity contribution in [3.8, 4) is 17.2 Å². The van der Waals surface area contributed by atoms with E-state index >= 15 is 0 Å². The SMILES string of the molecule is CCN(CCNC(=O)OC(C)(C)C)c1cnn2c(=O)c1OCCCCCOc1ccccc1-2. The van der Waals surface area contributed by atoms with Crippen molar-refractivity contribution in [3.05, 3.63) is 40.8 Å². The number of likely N-dealkylation sites (N-methyl/N-ethyl adjacent to an activating group) is 1. The Hall–Kier alpha value is -3.23. The number of amides is 1. The van der Waals surface area contributed by atoms with E-state index < -0.39 is 11.7 Å². The lowest BCUT2D eigenvalue weighted by Crippen LogP contribution is -2.39. The van der Waals surface area contributed by atoms with E-state index in [0.29, 0.717) is 50.0 Å². The summed E-state index contributed by atoms with van der Waals surface area (Å²) in [6, 6.07) is 7.36. The van der Waals surface area contributed by atoms with Gasteiger partial charge in [0.2, 0.25) is 5.75 Å². The summed E-state index contributed by atoms with van der Waals surface area (Å²) in [7, 11) is 0. The molecule has 0 fully saturated rings. The van der Waals surface area contributed by atoms with Crippen LogP contribution in [0.2, 0.25) is 0 Å². The summed E-state index contributed by atoms with van der Waals surface area (Å²) in [5.41, 5.74) is 0.268. The Bertz CT molecular complexity index is 999. The number of alkyl carbamates (subject to hydrolysis) is 1. The summed E-state index contributed by atoms with van der Waals surface area (Å²) in [5, 5.41) is 7.19. The van der Waals surface area contributed by atoms with Crippen molar-refractivity contribution >= 4 is 11.8 Å². The normalized spacial score (nSPS) is 13.9. The van der Waals surface area contributed by atoms with Gasteiger partial charge in [-0.3, -0.25) is 4.79 Å². The van der Waals surface area contributed by atoms with Crippen molar-refractivity contribution < 1.29 is 19.0 Å². The number of hydrogen-bond donors (Lipinski definition) is 1. The molecule has 2 aromatic rings. The molecule has 0 aliphatic carbocycles. The molecule has 0 spiro atoms. The Kier molecular flexibility index (Phi) is 8.19. The molecule has 33 heavy (non-hydrogen) atoms. The number of fused-ring (bicyclic) bond motifs is 4. The quantitative estimate of drug-likeness (QED) is 0.732. The van der Waals surface area contributed by atoms with Gasteiger partial charge in [-0.25, -0.2) is 4.79 Å². The van der Waals surface area contributed by atoms with Gasteiger partial charge in [0.25, 0.3) is 0 Å². The van der Waals surface area contributed by atoms with Crippen molar-refractivity contribution in [1.82, 2.24) is 15.1 Å². The summed E-state index contributed by atoms with van der Waals surface area (Å²) in [6.45, 7) is 9.86. The average molecular weight is 459 g/mol. The van der Waals surface area contributed by atoms with Gasteiger partial charge in [0.05, 0.1) is 19.4 Å². The van der Waals surface area contributed by atoms with Gasteiger partial charge in [-0.2, -0.15) is 9.78 Å². The largest absolute Gasteiger partial charge is 0.491 e. The standard InChI is InChI=1S/C24H34N4O5/c1-5-27(14-13-25-23(30)33-24(2,3)4)19-17-26-28-18-11-7-8-12-20(18)31-15-9-6-10-16-32-21(19)22(28)29/h7-8,11-12,17H,5-6,9-10,13-16H2,1-4H3,(H,25,30). The third-order valence-corrected chi connectivity index (χ3v) is 5.07. The minimum Gasteiger partial charge on any atom is -0.491 e. The molecule has 0 radical (unpaired) electrons. The first-order valence-electron chi connectivity index (χ1n) is 11.5. The molecular formula is C24H34N4O5. The molecular weight excluding hydrogens is 424 g/mol. The van der Waals surface area contributed by atoms with Gasteiger partial charge >= 0.3 is 11.7 Å². The Morgan fingerprint density at radius 1 is 1.18 bits per heavy atom. The number of carbonyl (C=O) groups excluding carboxylic acids is 1. The fourth-order valence-corrected chi connectivity index (χ4v) is 3.51. The molecule has 1 aliphatic rings. The topological polar surface area (TPSA) is 94.9 Å². The van der Waals surface area contributed by atoms with Gasteiger partial charge in [-0.05, 0) is 59.1 Å². The molecule has 2 bridgehead atoms. The van der Waals surface area contributed by atoms with Gasteiger partial charge in [-0.1, -0.05) is 12.1 Å². The molecule has 9 heteroatoms. The van der Waals surface area contributed by atoms with Gasteiger partial charge in [0, 0.05) is 19.6 Å². The molecule has 0 saturated carbocycles. The van der Waals surface area contributed by atoms with E-state index in [0.717, 1.165) is 19.3 Å². The predicted molar refractivity (Wildman–Crippen MR) is 127 cm³/mol. The molecule has 9 nitrogen and oxygen atoms in total. The lowest BCUT2D eigenvalue weighted by Gasteiger charge is -2.26. The lowest BCUT2D eigenvalue weighted by molar-refractivity contribution is 0.0529. The highest BCUT2D eigenvalue weighted by Gasteiger charge is 2.21. The van der Waals surface area contributed by atoms with E-state index in [1.165, 1.54) is 4.68 Å². The number of carbonyl (C=O) groups is 1. The van der Waals surface area contributed by atoms with Crippen molar-refractivity contribution in [2.24, 2.45) is 0 Å². The number of para-hydroxylation sites is 2. The predicted octanol–water partition coefficient (Wildman–Crippen LogP) is 3.53. The van der Waals surface area contributed by atoms with E-state index in [1.54, 1.807) is 12.3 Å². The molecule has 1 aliphatic heterocycles. The van der Waals surface area contributed by atoms with E-state index in [4.69, 9.17) is 14.2 Å². The van der Waals surface area contributed by atoms with Crippen molar-refractivity contribution in [3.63, 3.8) is 0 Å². The second-order valence-corrected chi connectivity index (χ2v) is 8.81. The molecule has 1 amide bonds. The van der Waals surface area contributed by atoms with Crippen LogP contribution in [0.1, 0.15) is 47.0 Å². The number of nitrogens with one attached hydrogen (secondary N) is 1. The monoisotopic (exact) mass is 458 g/mol. The summed E-state index contributed by atoms with van der Waals surface area (Å²) >= 11 is 0. The third kappa shape index (κ3) is 6.63. The van der Waals surface area contributed by atoms with Crippen LogP contribution in [0.25, 0.3) is 5.69 Å². The fourth-order valence-electron chi connectivity index (χ4n) is 3.51. The minimum absolute atomic E-state index is 0.250. The summed E-state index contributed by atoms with van der Waals surface area (Å²) in [4.78, 5) is 27.4. The second-order valence-electron chi connectivity index (χ2n) is 8.81. The maximum Gasteiger partial charge on any atom is 0.407 e. The van der Waals surface area contributed by atoms with Gasteiger partial charge < -0.3 is 24.4 Å². The zero-order valence-corrected chi connectivity index (χ0v) is 19.9. The van der Waals surface area contributed by atoms with E-state index in [1.807, 2.05) is 50.8 Å². The summed E-state index contributed by atoms with van der Waals surface area (Å²) < 4.78 is 18.5. The summed E-state index contributed by atoms with van der Waals surface area (Å²) in [6.07, 6.45) is 3.82. The number of nitrogens with zero attached hydrogens (tertiary/aromatic N) is 3. The third-order valence-electron chi connectivity index (χ3n) is 5.07. The number of ether oxygens (including phenoxy) is 3. The Morgan fingerprint density at radius 2 is 1.91 bits per heavy atom. The van der Waals surface area contributed by atoms with E-state index in [2.05, 4.69) is 10.4 Å². The van der Waals surface area contributed by atoms with Gasteiger partial charge in [0.15, 0.2) is 0 Å². The first-order valence-corrected chi connectivity index (χ1v) is 11.5. The number of hydrogen-bond acceptors (Lipinski definition) is 7. The zero-order chi connectivity index (χ0) is 23.8. The van der Waals surface area contributed by atoms with Crippen LogP contribution in [0.4, 0.5) is 10.5 Å². The van der Waals surface area contributed by atoms with Crippen LogP contribution in [0.15, 0.2) is 35.3 Å². The molecule has 0 atom stereocenters. The molecule has 2 heterocycles. The number of aromatic nitrogens is 2. The van der Waals surface area contributed by atoms with Crippen LogP contribution in [-0.4, -0.2) is 54.3 Å². The Morgan fingerprint density at radius 3 is 2.64 bits per heavy atom. The van der Waals surface area contributed by atoms with Crippen LogP contribution in [0.5, 0.6) is 11.5 Å². The highest BCUT2D eigenvalue weighted by atomic mass is 16.6. The van der Waals surface area contributed by atoms with Gasteiger partial charge in [-0.15, -0.1) is 0 Å². The first-order chi connectivity index (χ1) is 15.8. The molecule has 0 unspecified atom stereocenters. The zero-order valence-electron chi connectivity index (χ0n) is 19.9. The maximum atomic E-state index is 13.4.